The van der Waals surface area contributed by atoms with Gasteiger partial charge >= 0.3 is 0 Å². The molecule has 66 heavy (non-hydrogen) atoms. The molecule has 0 aliphatic carbocycles. The SMILES string of the molecule is CCOc1cc2ncc(C)c(Nc3ccc(OCc4ccccn4)c(Cl)c3)c2cc1CC(=O)C(=O)Nc1cc2c(Nc3ccc(OCc4ccccn4)c(Cl)c3)c(C)cnc2cc1OCC. The molecule has 334 valence electrons. The van der Waals surface area contributed by atoms with E-state index in [-0.39, 0.29) is 19.6 Å². The van der Waals surface area contributed by atoms with E-state index in [2.05, 4.69) is 35.9 Å². The molecule has 0 atom stereocenters. The van der Waals surface area contributed by atoms with E-state index in [1.807, 2.05) is 82.3 Å². The Bertz CT molecular complexity index is 2860. The van der Waals surface area contributed by atoms with Crippen LogP contribution in [0.1, 0.15) is 41.9 Å². The number of hydrogen-bond acceptors (Lipinski definition) is 12. The molecule has 0 fully saturated rings. The molecule has 0 aliphatic rings. The molecular formula is C51H45Cl2N7O6. The standard InChI is InChI=1S/C51H45Cl2N7O6/c1-5-63-47-24-41-37(49(30(3)26-56-41)58-33-13-15-45(39(52)21-33)65-28-35-11-7-9-17-54-35)19-32(47)20-44(61)51(62)60-43-23-38-42(25-48(43)64-6-2)57-27-31(4)50(38)59-34-14-16-46(40(53)22-34)66-29-36-12-8-10-18-55-36/h7-19,21-27H,5-6,20,28-29H2,1-4H3,(H,56,58)(H,57,59)(H,60,62). The van der Waals surface area contributed by atoms with Crippen molar-refractivity contribution in [1.29, 1.82) is 0 Å². The number of nitrogens with one attached hydrogen (secondary N) is 3. The molecule has 8 rings (SSSR count). The lowest BCUT2D eigenvalue weighted by molar-refractivity contribution is -0.134. The Morgan fingerprint density at radius 1 is 0.576 bits per heavy atom. The molecule has 1 amide bonds. The summed E-state index contributed by atoms with van der Waals surface area (Å²) in [7, 11) is 0. The summed E-state index contributed by atoms with van der Waals surface area (Å²) >= 11 is 13.3. The van der Waals surface area contributed by atoms with Gasteiger partial charge in [-0.25, -0.2) is 0 Å². The highest BCUT2D eigenvalue weighted by atomic mass is 35.5. The molecule has 0 saturated carbocycles. The monoisotopic (exact) mass is 921 g/mol. The first-order chi connectivity index (χ1) is 32.1. The van der Waals surface area contributed by atoms with Crippen LogP contribution < -0.4 is 34.9 Å². The second-order valence-corrected chi connectivity index (χ2v) is 16.0. The average Bonchev–Trinajstić information content (AvgIpc) is 3.32. The van der Waals surface area contributed by atoms with Gasteiger partial charge in [0.1, 0.15) is 36.2 Å². The fraction of sp³-hybridized carbons (Fsp3) is 0.176. The van der Waals surface area contributed by atoms with E-state index in [0.717, 1.165) is 39.3 Å². The van der Waals surface area contributed by atoms with Crippen LogP contribution in [-0.2, 0) is 29.2 Å². The van der Waals surface area contributed by atoms with Crippen LogP contribution in [0.4, 0.5) is 28.4 Å². The zero-order valence-corrected chi connectivity index (χ0v) is 38.1. The van der Waals surface area contributed by atoms with Gasteiger partial charge in [0.05, 0.1) is 62.7 Å². The highest BCUT2D eigenvalue weighted by Crippen LogP contribution is 2.39. The number of carbonyl (C=O) groups excluding carboxylic acids is 2. The fourth-order valence-corrected chi connectivity index (χ4v) is 7.68. The van der Waals surface area contributed by atoms with Gasteiger partial charge in [0, 0.05) is 71.1 Å². The molecule has 15 heteroatoms. The number of ketones is 1. The van der Waals surface area contributed by atoms with Gasteiger partial charge in [-0.1, -0.05) is 35.3 Å². The van der Waals surface area contributed by atoms with Crippen molar-refractivity contribution in [2.75, 3.05) is 29.2 Å². The van der Waals surface area contributed by atoms with Gasteiger partial charge in [0.25, 0.3) is 5.91 Å². The van der Waals surface area contributed by atoms with Crippen molar-refractivity contribution in [3.05, 3.63) is 160 Å². The minimum absolute atomic E-state index is 0.258. The molecule has 0 spiro atoms. The summed E-state index contributed by atoms with van der Waals surface area (Å²) in [5.41, 5.74) is 8.16. The lowest BCUT2D eigenvalue weighted by Crippen LogP contribution is -2.25. The van der Waals surface area contributed by atoms with Crippen molar-refractivity contribution in [2.45, 2.75) is 47.3 Å². The summed E-state index contributed by atoms with van der Waals surface area (Å²) in [5, 5.41) is 12.0. The fourth-order valence-electron chi connectivity index (χ4n) is 7.21. The number of carbonyl (C=O) groups is 2. The van der Waals surface area contributed by atoms with Gasteiger partial charge in [-0.15, -0.1) is 0 Å². The van der Waals surface area contributed by atoms with Crippen molar-refractivity contribution in [3.63, 3.8) is 0 Å². The first-order valence-electron chi connectivity index (χ1n) is 21.2. The van der Waals surface area contributed by atoms with Gasteiger partial charge < -0.3 is 34.9 Å². The van der Waals surface area contributed by atoms with E-state index in [4.69, 9.17) is 42.1 Å². The van der Waals surface area contributed by atoms with Crippen LogP contribution in [0.25, 0.3) is 21.8 Å². The van der Waals surface area contributed by atoms with Crippen molar-refractivity contribution in [1.82, 2.24) is 19.9 Å². The predicted molar refractivity (Wildman–Crippen MR) is 259 cm³/mol. The minimum Gasteiger partial charge on any atom is -0.494 e. The number of aromatic nitrogens is 4. The Labute approximate surface area is 391 Å². The topological polar surface area (TPSA) is 159 Å². The van der Waals surface area contributed by atoms with Crippen LogP contribution >= 0.6 is 23.2 Å². The van der Waals surface area contributed by atoms with Crippen molar-refractivity contribution in [3.8, 4) is 23.0 Å². The van der Waals surface area contributed by atoms with E-state index in [1.165, 1.54) is 0 Å². The number of fused-ring (bicyclic) bond motifs is 2. The Hall–Kier alpha value is -7.48. The number of hydrogen-bond donors (Lipinski definition) is 3. The lowest BCUT2D eigenvalue weighted by atomic mass is 10.0. The number of anilines is 5. The third-order valence-electron chi connectivity index (χ3n) is 10.5. The third-order valence-corrected chi connectivity index (χ3v) is 11.0. The zero-order valence-electron chi connectivity index (χ0n) is 36.6. The molecule has 0 saturated heterocycles. The summed E-state index contributed by atoms with van der Waals surface area (Å²) in [6, 6.07) is 29.2. The third kappa shape index (κ3) is 10.5. The smallest absolute Gasteiger partial charge is 0.292 e. The van der Waals surface area contributed by atoms with E-state index < -0.39 is 11.7 Å². The largest absolute Gasteiger partial charge is 0.494 e. The Morgan fingerprint density at radius 2 is 1.09 bits per heavy atom. The van der Waals surface area contributed by atoms with Crippen molar-refractivity contribution < 1.29 is 28.5 Å². The van der Waals surface area contributed by atoms with Gasteiger partial charge in [-0.2, -0.15) is 0 Å². The normalized spacial score (nSPS) is 11.0. The van der Waals surface area contributed by atoms with Crippen molar-refractivity contribution >= 4 is 85.1 Å². The molecule has 3 N–H and O–H groups in total. The molecule has 4 heterocycles. The Balaban J connectivity index is 1.03. The van der Waals surface area contributed by atoms with E-state index in [0.29, 0.717) is 85.3 Å². The summed E-state index contributed by atoms with van der Waals surface area (Å²) in [6.45, 7) is 8.71. The number of aryl methyl sites for hydroxylation is 2. The summed E-state index contributed by atoms with van der Waals surface area (Å²) in [4.78, 5) is 45.7. The van der Waals surface area contributed by atoms with E-state index >= 15 is 0 Å². The minimum atomic E-state index is -0.832. The average molecular weight is 923 g/mol. The number of amides is 1. The molecule has 4 aromatic carbocycles. The van der Waals surface area contributed by atoms with E-state index in [1.54, 1.807) is 67.3 Å². The van der Waals surface area contributed by atoms with Crippen LogP contribution in [0.5, 0.6) is 23.0 Å². The maximum Gasteiger partial charge on any atom is 0.292 e. The Kier molecular flexibility index (Phi) is 14.1. The maximum atomic E-state index is 13.9. The number of nitrogens with zero attached hydrogens (tertiary/aromatic N) is 4. The highest BCUT2D eigenvalue weighted by Gasteiger charge is 2.22. The number of ether oxygens (including phenoxy) is 4. The van der Waals surface area contributed by atoms with Crippen LogP contribution in [0.15, 0.2) is 122 Å². The van der Waals surface area contributed by atoms with Crippen LogP contribution in [-0.4, -0.2) is 44.8 Å². The summed E-state index contributed by atoms with van der Waals surface area (Å²) in [6.07, 6.45) is 6.67. The zero-order chi connectivity index (χ0) is 46.2. The number of halogens is 2. The highest BCUT2D eigenvalue weighted by molar-refractivity contribution is 6.41. The molecule has 0 radical (unpaired) electrons. The number of rotatable bonds is 18. The second kappa shape index (κ2) is 20.6. The molecule has 4 aromatic heterocycles. The summed E-state index contributed by atoms with van der Waals surface area (Å²) in [5.74, 6) is 0.301. The van der Waals surface area contributed by atoms with Crippen LogP contribution in [0, 0.1) is 13.8 Å². The van der Waals surface area contributed by atoms with Crippen LogP contribution in [0.2, 0.25) is 10.0 Å². The van der Waals surface area contributed by atoms with Gasteiger partial charge in [0.2, 0.25) is 5.78 Å². The van der Waals surface area contributed by atoms with Crippen molar-refractivity contribution in [2.24, 2.45) is 0 Å². The quantitative estimate of drug-likeness (QED) is 0.0701. The molecule has 0 unspecified atom stereocenters. The molecule has 0 bridgehead atoms. The van der Waals surface area contributed by atoms with Gasteiger partial charge in [0.15, 0.2) is 0 Å². The number of benzene rings is 4. The van der Waals surface area contributed by atoms with Gasteiger partial charge in [-0.3, -0.25) is 29.5 Å². The lowest BCUT2D eigenvalue weighted by Gasteiger charge is -2.18. The molecule has 0 aliphatic heterocycles. The molecule has 8 aromatic rings. The maximum absolute atomic E-state index is 13.9. The second-order valence-electron chi connectivity index (χ2n) is 15.2. The Morgan fingerprint density at radius 3 is 1.59 bits per heavy atom. The van der Waals surface area contributed by atoms with E-state index in [9.17, 15) is 9.59 Å². The van der Waals surface area contributed by atoms with Crippen LogP contribution in [0.3, 0.4) is 0 Å². The first kappa shape index (κ1) is 45.1. The summed E-state index contributed by atoms with van der Waals surface area (Å²) < 4.78 is 23.8. The number of pyridine rings is 4. The molecular weight excluding hydrogens is 878 g/mol. The van der Waals surface area contributed by atoms with Gasteiger partial charge in [-0.05, 0) is 112 Å². The molecule has 13 nitrogen and oxygen atoms in total. The first-order valence-corrected chi connectivity index (χ1v) is 22.0. The number of Topliss-reactive ketones (excluding diaryl/α,β-unsaturated/α-hetero) is 1. The predicted octanol–water partition coefficient (Wildman–Crippen LogP) is 11.7.